The fourth-order valence-corrected chi connectivity index (χ4v) is 8.55. The van der Waals surface area contributed by atoms with Gasteiger partial charge >= 0.3 is 0 Å². The van der Waals surface area contributed by atoms with E-state index in [4.69, 9.17) is 14.7 Å². The Morgan fingerprint density at radius 1 is 0.977 bits per heavy atom. The summed E-state index contributed by atoms with van der Waals surface area (Å²) in [5.41, 5.74) is 6.25. The van der Waals surface area contributed by atoms with Gasteiger partial charge in [0, 0.05) is 60.7 Å². The van der Waals surface area contributed by atoms with Crippen molar-refractivity contribution in [2.45, 2.75) is 38.5 Å². The molecule has 3 aromatic carbocycles. The third-order valence-electron chi connectivity index (χ3n) is 9.58. The molecule has 7 rings (SSSR count). The van der Waals surface area contributed by atoms with Gasteiger partial charge in [-0.2, -0.15) is 4.98 Å². The second-order valence-electron chi connectivity index (χ2n) is 13.1. The largest absolute Gasteiger partial charge is 0.494 e. The van der Waals surface area contributed by atoms with Crippen LogP contribution in [-0.2, 0) is 0 Å². The van der Waals surface area contributed by atoms with Gasteiger partial charge in [0.2, 0.25) is 5.95 Å². The van der Waals surface area contributed by atoms with Crippen LogP contribution in [0.2, 0.25) is 0 Å². The molecule has 4 aromatic rings. The summed E-state index contributed by atoms with van der Waals surface area (Å²) < 4.78 is 5.91. The van der Waals surface area contributed by atoms with Gasteiger partial charge in [0.1, 0.15) is 11.6 Å². The Labute approximate surface area is 256 Å². The van der Waals surface area contributed by atoms with E-state index in [1.54, 1.807) is 7.11 Å². The van der Waals surface area contributed by atoms with Gasteiger partial charge in [-0.3, -0.25) is 0 Å². The highest BCUT2D eigenvalue weighted by atomic mass is 31.1. The molecular weight excluding hydrogens is 551 g/mol. The first-order valence-electron chi connectivity index (χ1n) is 15.5. The van der Waals surface area contributed by atoms with Crippen LogP contribution in [0, 0.1) is 12.3 Å². The van der Waals surface area contributed by atoms with E-state index in [0.29, 0.717) is 17.3 Å². The summed E-state index contributed by atoms with van der Waals surface area (Å²) in [6.07, 6.45) is 6.89. The Kier molecular flexibility index (Phi) is 7.43. The zero-order chi connectivity index (χ0) is 29.7. The lowest BCUT2D eigenvalue weighted by Gasteiger charge is -2.53. The van der Waals surface area contributed by atoms with Crippen molar-refractivity contribution in [2.75, 3.05) is 69.2 Å². The summed E-state index contributed by atoms with van der Waals surface area (Å²) >= 11 is 0. The van der Waals surface area contributed by atoms with Gasteiger partial charge in [0.05, 0.1) is 12.8 Å². The van der Waals surface area contributed by atoms with Crippen LogP contribution < -0.4 is 25.6 Å². The molecule has 2 aliphatic heterocycles. The number of piperidine rings is 1. The zero-order valence-electron chi connectivity index (χ0n) is 26.1. The van der Waals surface area contributed by atoms with Crippen molar-refractivity contribution >= 4 is 52.8 Å². The maximum absolute atomic E-state index is 5.91. The minimum Gasteiger partial charge on any atom is -0.494 e. The monoisotopic (exact) mass is 594 g/mol. The molecule has 0 bridgehead atoms. The van der Waals surface area contributed by atoms with Crippen molar-refractivity contribution < 1.29 is 4.74 Å². The number of methoxy groups -OCH3 is 1. The molecule has 3 aliphatic rings. The topological polar surface area (TPSA) is 65.6 Å². The number of aryl methyl sites for hydroxylation is 1. The summed E-state index contributed by atoms with van der Waals surface area (Å²) in [5.74, 6) is 2.80. The molecule has 0 radical (unpaired) electrons. The number of anilines is 5. The molecule has 2 N–H and O–H groups in total. The van der Waals surface area contributed by atoms with Crippen molar-refractivity contribution in [1.82, 2.24) is 14.9 Å². The predicted molar refractivity (Wildman–Crippen MR) is 182 cm³/mol. The lowest BCUT2D eigenvalue weighted by molar-refractivity contribution is 0.00130. The molecule has 1 aromatic heterocycles. The van der Waals surface area contributed by atoms with E-state index in [-0.39, 0.29) is 7.92 Å². The molecule has 1 spiro atoms. The highest BCUT2D eigenvalue weighted by Gasteiger charge is 2.43. The number of rotatable bonds is 8. The smallest absolute Gasteiger partial charge is 0.229 e. The van der Waals surface area contributed by atoms with E-state index in [9.17, 15) is 0 Å². The quantitative estimate of drug-likeness (QED) is 0.209. The standard InChI is InChI=1S/C35H43N6OP/c1-23-18-29(31(42-3)19-30(23)41-16-14-35(15-17-41)21-40(2)22-35)38-34-36-20-27(25-10-11-25)33(39-34)37-28-13-12-24-8-6-7-9-26(24)32(28)43(4)5/h6-9,12-13,18-20,25H,10-11,14-17,21-22H2,1-5H3,(H2,36,37,38,39). The molecular formula is C35H43N6OP. The molecule has 7 nitrogen and oxygen atoms in total. The number of nitrogens with zero attached hydrogens (tertiary/aromatic N) is 4. The normalized spacial score (nSPS) is 18.2. The Balaban J connectivity index is 1.16. The number of ether oxygens (including phenoxy) is 1. The number of aromatic nitrogens is 2. The molecule has 1 aliphatic carbocycles. The molecule has 3 fully saturated rings. The molecule has 0 amide bonds. The Morgan fingerprint density at radius 2 is 1.74 bits per heavy atom. The molecule has 224 valence electrons. The van der Waals surface area contributed by atoms with Crippen LogP contribution in [0.15, 0.2) is 54.7 Å². The fourth-order valence-electron chi connectivity index (χ4n) is 7.25. The van der Waals surface area contributed by atoms with Crippen LogP contribution in [-0.4, -0.2) is 68.5 Å². The Morgan fingerprint density at radius 3 is 2.44 bits per heavy atom. The lowest BCUT2D eigenvalue weighted by atomic mass is 9.72. The van der Waals surface area contributed by atoms with Crippen LogP contribution in [0.4, 0.5) is 28.8 Å². The zero-order valence-corrected chi connectivity index (χ0v) is 27.0. The summed E-state index contributed by atoms with van der Waals surface area (Å²) in [5, 5.41) is 11.2. The van der Waals surface area contributed by atoms with Gasteiger partial charge in [0.15, 0.2) is 0 Å². The van der Waals surface area contributed by atoms with Gasteiger partial charge in [-0.05, 0) is 92.8 Å². The van der Waals surface area contributed by atoms with Crippen molar-refractivity contribution in [3.05, 3.63) is 65.9 Å². The predicted octanol–water partition coefficient (Wildman–Crippen LogP) is 7.21. The Bertz CT molecular complexity index is 1650. The third kappa shape index (κ3) is 5.54. The first-order chi connectivity index (χ1) is 20.8. The van der Waals surface area contributed by atoms with Crippen molar-refractivity contribution in [2.24, 2.45) is 5.41 Å². The summed E-state index contributed by atoms with van der Waals surface area (Å²) in [6.45, 7) is 11.5. The maximum atomic E-state index is 5.91. The van der Waals surface area contributed by atoms with E-state index in [0.717, 1.165) is 36.0 Å². The van der Waals surface area contributed by atoms with Crippen molar-refractivity contribution in [3.63, 3.8) is 0 Å². The lowest BCUT2D eigenvalue weighted by Crippen LogP contribution is -2.58. The van der Waals surface area contributed by atoms with Crippen LogP contribution in [0.1, 0.15) is 42.7 Å². The van der Waals surface area contributed by atoms with E-state index in [1.165, 1.54) is 71.7 Å². The van der Waals surface area contributed by atoms with Gasteiger partial charge < -0.3 is 25.2 Å². The number of nitrogens with one attached hydrogen (secondary N) is 2. The number of fused-ring (bicyclic) bond motifs is 1. The van der Waals surface area contributed by atoms with Gasteiger partial charge in [-0.15, -0.1) is 0 Å². The third-order valence-corrected chi connectivity index (χ3v) is 11.0. The molecule has 1 saturated carbocycles. The van der Waals surface area contributed by atoms with Gasteiger partial charge in [-0.25, -0.2) is 4.98 Å². The molecule has 43 heavy (non-hydrogen) atoms. The first-order valence-corrected chi connectivity index (χ1v) is 17.8. The molecule has 2 saturated heterocycles. The van der Waals surface area contributed by atoms with Crippen LogP contribution in [0.3, 0.4) is 0 Å². The van der Waals surface area contributed by atoms with E-state index < -0.39 is 0 Å². The highest BCUT2D eigenvalue weighted by Crippen LogP contribution is 2.45. The molecule has 0 atom stereocenters. The molecule has 3 heterocycles. The van der Waals surface area contributed by atoms with Gasteiger partial charge in [0.25, 0.3) is 0 Å². The minimum atomic E-state index is -0.338. The van der Waals surface area contributed by atoms with Crippen molar-refractivity contribution in [3.8, 4) is 5.75 Å². The van der Waals surface area contributed by atoms with Crippen LogP contribution >= 0.6 is 7.92 Å². The average molecular weight is 595 g/mol. The van der Waals surface area contributed by atoms with Crippen LogP contribution in [0.25, 0.3) is 10.8 Å². The van der Waals surface area contributed by atoms with Crippen LogP contribution in [0.5, 0.6) is 5.75 Å². The minimum absolute atomic E-state index is 0.338. The summed E-state index contributed by atoms with van der Waals surface area (Å²) in [7, 11) is 3.64. The number of likely N-dealkylation sites (tertiary alicyclic amines) is 1. The Hall–Kier alpha value is -3.41. The first kappa shape index (κ1) is 28.4. The fraction of sp³-hybridized carbons (Fsp3) is 0.429. The second kappa shape index (κ2) is 11.3. The second-order valence-corrected chi connectivity index (χ2v) is 15.3. The maximum Gasteiger partial charge on any atom is 0.229 e. The number of hydrogen-bond acceptors (Lipinski definition) is 7. The highest BCUT2D eigenvalue weighted by molar-refractivity contribution is 7.65. The van der Waals surface area contributed by atoms with E-state index in [1.807, 2.05) is 6.20 Å². The molecule has 0 unspecified atom stereocenters. The van der Waals surface area contributed by atoms with Gasteiger partial charge in [-0.1, -0.05) is 38.3 Å². The summed E-state index contributed by atoms with van der Waals surface area (Å²) in [4.78, 5) is 14.8. The van der Waals surface area contributed by atoms with Crippen molar-refractivity contribution in [1.29, 1.82) is 0 Å². The summed E-state index contributed by atoms with van der Waals surface area (Å²) in [6, 6.07) is 17.5. The SMILES string of the molecule is COc1cc(N2CCC3(CC2)CN(C)C3)c(C)cc1Nc1ncc(C2CC2)c(Nc2ccc3ccccc3c2P(C)C)n1. The molecule has 8 heteroatoms. The van der Waals surface area contributed by atoms with E-state index >= 15 is 0 Å². The number of benzene rings is 3. The average Bonchev–Trinajstić information content (AvgIpc) is 3.83. The van der Waals surface area contributed by atoms with E-state index in [2.05, 4.69) is 96.3 Å². The number of hydrogen-bond donors (Lipinski definition) is 2.